The maximum atomic E-state index is 5.99. The van der Waals surface area contributed by atoms with Crippen molar-refractivity contribution in [2.75, 3.05) is 5.75 Å². The zero-order valence-electron chi connectivity index (χ0n) is 12.0. The quantitative estimate of drug-likeness (QED) is 0.847. The number of benzene rings is 1. The number of halogens is 1. The van der Waals surface area contributed by atoms with E-state index in [2.05, 4.69) is 50.0 Å². The van der Waals surface area contributed by atoms with Crippen LogP contribution in [0.25, 0.3) is 0 Å². The highest BCUT2D eigenvalue weighted by atomic mass is 35.5. The number of nitrogens with one attached hydrogen (secondary N) is 1. The minimum Gasteiger partial charge on any atom is -0.306 e. The van der Waals surface area contributed by atoms with Crippen LogP contribution in [0.1, 0.15) is 45.2 Å². The van der Waals surface area contributed by atoms with Crippen molar-refractivity contribution in [2.24, 2.45) is 5.92 Å². The van der Waals surface area contributed by atoms with E-state index in [1.807, 2.05) is 12.1 Å². The van der Waals surface area contributed by atoms with Crippen LogP contribution in [0.2, 0.25) is 5.02 Å². The van der Waals surface area contributed by atoms with Crippen molar-refractivity contribution in [3.05, 3.63) is 34.9 Å². The standard InChI is InChI=1S/C16H24ClNS/c1-11(2)16(13-6-8-14(17)9-7-13)18-15-5-4-10-19-12(15)3/h6-9,11-12,15-16,18H,4-5,10H2,1-3H3. The fourth-order valence-corrected chi connectivity index (χ4v) is 3.99. The molecule has 3 atom stereocenters. The Kier molecular flexibility index (Phi) is 5.61. The molecule has 0 aliphatic carbocycles. The second-order valence-corrected chi connectivity index (χ2v) is 7.69. The van der Waals surface area contributed by atoms with E-state index in [0.717, 1.165) is 5.02 Å². The SMILES string of the molecule is CC(C)C(NC1CCCSC1C)c1ccc(Cl)cc1. The fourth-order valence-electron chi connectivity index (χ4n) is 2.72. The fraction of sp³-hybridized carbons (Fsp3) is 0.625. The second kappa shape index (κ2) is 7.01. The molecule has 0 aromatic heterocycles. The molecule has 19 heavy (non-hydrogen) atoms. The lowest BCUT2D eigenvalue weighted by Gasteiger charge is -2.34. The first kappa shape index (κ1) is 15.2. The summed E-state index contributed by atoms with van der Waals surface area (Å²) in [6.07, 6.45) is 2.63. The van der Waals surface area contributed by atoms with Crippen LogP contribution in [-0.2, 0) is 0 Å². The van der Waals surface area contributed by atoms with E-state index in [1.165, 1.54) is 24.2 Å². The summed E-state index contributed by atoms with van der Waals surface area (Å²) < 4.78 is 0. The second-order valence-electron chi connectivity index (χ2n) is 5.76. The Labute approximate surface area is 126 Å². The number of thioether (sulfide) groups is 1. The Balaban J connectivity index is 2.09. The van der Waals surface area contributed by atoms with Crippen LogP contribution in [0.4, 0.5) is 0 Å². The van der Waals surface area contributed by atoms with Crippen molar-refractivity contribution >= 4 is 23.4 Å². The Morgan fingerprint density at radius 3 is 2.53 bits per heavy atom. The summed E-state index contributed by atoms with van der Waals surface area (Å²) in [5, 5.41) is 5.40. The molecule has 106 valence electrons. The van der Waals surface area contributed by atoms with E-state index >= 15 is 0 Å². The lowest BCUT2D eigenvalue weighted by molar-refractivity contribution is 0.340. The van der Waals surface area contributed by atoms with Gasteiger partial charge in [-0.25, -0.2) is 0 Å². The molecule has 1 aliphatic rings. The van der Waals surface area contributed by atoms with Crippen LogP contribution >= 0.6 is 23.4 Å². The van der Waals surface area contributed by atoms with E-state index in [1.54, 1.807) is 0 Å². The number of hydrogen-bond acceptors (Lipinski definition) is 2. The van der Waals surface area contributed by atoms with E-state index < -0.39 is 0 Å². The van der Waals surface area contributed by atoms with Crippen LogP contribution in [-0.4, -0.2) is 17.0 Å². The minimum absolute atomic E-state index is 0.420. The van der Waals surface area contributed by atoms with Gasteiger partial charge in [0, 0.05) is 22.4 Å². The van der Waals surface area contributed by atoms with Crippen molar-refractivity contribution in [1.82, 2.24) is 5.32 Å². The molecular weight excluding hydrogens is 274 g/mol. The van der Waals surface area contributed by atoms with Crippen LogP contribution in [0.3, 0.4) is 0 Å². The maximum Gasteiger partial charge on any atom is 0.0406 e. The zero-order chi connectivity index (χ0) is 13.8. The van der Waals surface area contributed by atoms with Gasteiger partial charge in [0.15, 0.2) is 0 Å². The van der Waals surface area contributed by atoms with Gasteiger partial charge in [-0.3, -0.25) is 0 Å². The van der Waals surface area contributed by atoms with E-state index in [4.69, 9.17) is 11.6 Å². The zero-order valence-corrected chi connectivity index (χ0v) is 13.6. The van der Waals surface area contributed by atoms with E-state index in [9.17, 15) is 0 Å². The molecule has 2 rings (SSSR count). The molecule has 1 aromatic carbocycles. The minimum atomic E-state index is 0.420. The smallest absolute Gasteiger partial charge is 0.0406 e. The Morgan fingerprint density at radius 1 is 1.26 bits per heavy atom. The van der Waals surface area contributed by atoms with Crippen molar-refractivity contribution < 1.29 is 0 Å². The molecule has 3 unspecified atom stereocenters. The van der Waals surface area contributed by atoms with Crippen molar-refractivity contribution in [2.45, 2.75) is 50.9 Å². The highest BCUT2D eigenvalue weighted by molar-refractivity contribution is 7.99. The Bertz CT molecular complexity index is 390. The Hall–Kier alpha value is -0.180. The van der Waals surface area contributed by atoms with Gasteiger partial charge in [0.1, 0.15) is 0 Å². The van der Waals surface area contributed by atoms with Crippen LogP contribution in [0.5, 0.6) is 0 Å². The monoisotopic (exact) mass is 297 g/mol. The molecule has 1 aliphatic heterocycles. The normalized spacial score (nSPS) is 25.5. The van der Waals surface area contributed by atoms with E-state index in [0.29, 0.717) is 23.3 Å². The maximum absolute atomic E-state index is 5.99. The third kappa shape index (κ3) is 4.14. The average Bonchev–Trinajstić information content (AvgIpc) is 2.39. The van der Waals surface area contributed by atoms with Gasteiger partial charge in [-0.2, -0.15) is 11.8 Å². The van der Waals surface area contributed by atoms with Gasteiger partial charge in [-0.1, -0.05) is 44.5 Å². The lowest BCUT2D eigenvalue weighted by atomic mass is 9.94. The first-order valence-electron chi connectivity index (χ1n) is 7.21. The molecule has 1 N–H and O–H groups in total. The van der Waals surface area contributed by atoms with Crippen LogP contribution < -0.4 is 5.32 Å². The average molecular weight is 298 g/mol. The molecule has 0 saturated carbocycles. The van der Waals surface area contributed by atoms with Crippen LogP contribution in [0.15, 0.2) is 24.3 Å². The first-order valence-corrected chi connectivity index (χ1v) is 8.63. The largest absolute Gasteiger partial charge is 0.306 e. The molecular formula is C16H24ClNS. The summed E-state index contributed by atoms with van der Waals surface area (Å²) in [5.74, 6) is 1.90. The highest BCUT2D eigenvalue weighted by Crippen LogP contribution is 2.30. The summed E-state index contributed by atoms with van der Waals surface area (Å²) >= 11 is 8.08. The number of hydrogen-bond donors (Lipinski definition) is 1. The highest BCUT2D eigenvalue weighted by Gasteiger charge is 2.26. The van der Waals surface area contributed by atoms with Gasteiger partial charge in [-0.15, -0.1) is 0 Å². The predicted octanol–water partition coefficient (Wildman–Crippen LogP) is 4.91. The van der Waals surface area contributed by atoms with Crippen molar-refractivity contribution in [3.63, 3.8) is 0 Å². The van der Waals surface area contributed by atoms with Gasteiger partial charge in [0.2, 0.25) is 0 Å². The molecule has 0 spiro atoms. The molecule has 1 aromatic rings. The predicted molar refractivity (Wildman–Crippen MR) is 87.1 cm³/mol. The summed E-state index contributed by atoms with van der Waals surface area (Å²) in [6.45, 7) is 6.92. The summed E-state index contributed by atoms with van der Waals surface area (Å²) in [7, 11) is 0. The lowest BCUT2D eigenvalue weighted by Crippen LogP contribution is -2.42. The summed E-state index contributed by atoms with van der Waals surface area (Å²) in [5.41, 5.74) is 1.35. The molecule has 1 fully saturated rings. The van der Waals surface area contributed by atoms with Gasteiger partial charge in [0.05, 0.1) is 0 Å². The topological polar surface area (TPSA) is 12.0 Å². The Morgan fingerprint density at radius 2 is 1.95 bits per heavy atom. The molecule has 3 heteroatoms. The third-order valence-corrected chi connectivity index (χ3v) is 5.53. The van der Waals surface area contributed by atoms with Crippen molar-refractivity contribution in [1.29, 1.82) is 0 Å². The molecule has 1 saturated heterocycles. The summed E-state index contributed by atoms with van der Waals surface area (Å²) in [4.78, 5) is 0. The molecule has 0 bridgehead atoms. The van der Waals surface area contributed by atoms with Crippen LogP contribution in [0, 0.1) is 5.92 Å². The van der Waals surface area contributed by atoms with Gasteiger partial charge < -0.3 is 5.32 Å². The summed E-state index contributed by atoms with van der Waals surface area (Å²) in [6, 6.07) is 9.34. The van der Waals surface area contributed by atoms with Gasteiger partial charge in [0.25, 0.3) is 0 Å². The first-order chi connectivity index (χ1) is 9.08. The van der Waals surface area contributed by atoms with Gasteiger partial charge in [-0.05, 0) is 42.2 Å². The van der Waals surface area contributed by atoms with Crippen molar-refractivity contribution in [3.8, 4) is 0 Å². The molecule has 1 heterocycles. The van der Waals surface area contributed by atoms with E-state index in [-0.39, 0.29) is 0 Å². The van der Waals surface area contributed by atoms with Gasteiger partial charge >= 0.3 is 0 Å². The molecule has 0 amide bonds. The number of rotatable bonds is 4. The third-order valence-electron chi connectivity index (χ3n) is 3.90. The molecule has 0 radical (unpaired) electrons. The molecule has 1 nitrogen and oxygen atoms in total.